The average Bonchev–Trinajstić information content (AvgIpc) is 2.67. The maximum Gasteiger partial charge on any atom is 0.292 e. The molecule has 0 bridgehead atoms. The van der Waals surface area contributed by atoms with Crippen molar-refractivity contribution in [3.63, 3.8) is 0 Å². The summed E-state index contributed by atoms with van der Waals surface area (Å²) in [5, 5.41) is 17.7. The molecule has 0 atom stereocenters. The first kappa shape index (κ1) is 12.7. The molecule has 1 aromatic carbocycles. The van der Waals surface area contributed by atoms with Crippen LogP contribution in [-0.2, 0) is 13.6 Å². The number of nitrogens with zero attached hydrogens (tertiary/aromatic N) is 3. The number of nitro groups is 1. The molecule has 8 nitrogen and oxygen atoms in total. The standard InChI is InChI=1S/C11H14N6O2/c1-16-11(13)7(6-15-16)5-14-8-2-3-10(17(18)19)9(12)4-8/h2-4,6,14H,5,12-13H2,1H3. The van der Waals surface area contributed by atoms with Gasteiger partial charge in [0.2, 0.25) is 0 Å². The van der Waals surface area contributed by atoms with Crippen molar-refractivity contribution < 1.29 is 4.92 Å². The second kappa shape index (κ2) is 4.84. The lowest BCUT2D eigenvalue weighted by Gasteiger charge is -2.07. The maximum atomic E-state index is 10.6. The van der Waals surface area contributed by atoms with E-state index in [1.807, 2.05) is 0 Å². The lowest BCUT2D eigenvalue weighted by atomic mass is 10.2. The number of nitro benzene ring substituents is 1. The fraction of sp³-hybridized carbons (Fsp3) is 0.182. The molecular weight excluding hydrogens is 248 g/mol. The van der Waals surface area contributed by atoms with E-state index >= 15 is 0 Å². The zero-order chi connectivity index (χ0) is 14.0. The van der Waals surface area contributed by atoms with Gasteiger partial charge < -0.3 is 16.8 Å². The van der Waals surface area contributed by atoms with Gasteiger partial charge in [-0.3, -0.25) is 14.8 Å². The van der Waals surface area contributed by atoms with E-state index in [0.29, 0.717) is 18.1 Å². The van der Waals surface area contributed by atoms with Gasteiger partial charge in [0.25, 0.3) is 5.69 Å². The van der Waals surface area contributed by atoms with Crippen LogP contribution in [0.4, 0.5) is 22.9 Å². The van der Waals surface area contributed by atoms with Gasteiger partial charge >= 0.3 is 0 Å². The second-order valence-corrected chi connectivity index (χ2v) is 4.06. The van der Waals surface area contributed by atoms with Crippen molar-refractivity contribution in [2.24, 2.45) is 7.05 Å². The van der Waals surface area contributed by atoms with Crippen molar-refractivity contribution in [2.75, 3.05) is 16.8 Å². The number of rotatable bonds is 4. The van der Waals surface area contributed by atoms with Gasteiger partial charge in [-0.25, -0.2) is 0 Å². The van der Waals surface area contributed by atoms with Gasteiger partial charge in [-0.15, -0.1) is 0 Å². The largest absolute Gasteiger partial charge is 0.393 e. The quantitative estimate of drug-likeness (QED) is 0.430. The smallest absolute Gasteiger partial charge is 0.292 e. The highest BCUT2D eigenvalue weighted by molar-refractivity contribution is 5.66. The van der Waals surface area contributed by atoms with Crippen LogP contribution in [-0.4, -0.2) is 14.7 Å². The highest BCUT2D eigenvalue weighted by Gasteiger charge is 2.11. The first-order valence-corrected chi connectivity index (χ1v) is 5.53. The molecule has 0 spiro atoms. The minimum Gasteiger partial charge on any atom is -0.393 e. The Morgan fingerprint density at radius 3 is 2.74 bits per heavy atom. The lowest BCUT2D eigenvalue weighted by molar-refractivity contribution is -0.383. The van der Waals surface area contributed by atoms with E-state index in [4.69, 9.17) is 11.5 Å². The second-order valence-electron chi connectivity index (χ2n) is 4.06. The van der Waals surface area contributed by atoms with Crippen LogP contribution in [0, 0.1) is 10.1 Å². The molecule has 0 amide bonds. The Hall–Kier alpha value is -2.77. The molecule has 100 valence electrons. The Morgan fingerprint density at radius 1 is 1.47 bits per heavy atom. The summed E-state index contributed by atoms with van der Waals surface area (Å²) in [6.45, 7) is 0.469. The number of hydrogen-bond acceptors (Lipinski definition) is 6. The van der Waals surface area contributed by atoms with E-state index < -0.39 is 4.92 Å². The number of hydrogen-bond donors (Lipinski definition) is 3. The number of aryl methyl sites for hydroxylation is 1. The zero-order valence-electron chi connectivity index (χ0n) is 10.3. The van der Waals surface area contributed by atoms with Gasteiger partial charge in [-0.05, 0) is 12.1 Å². The minimum absolute atomic E-state index is 0.105. The summed E-state index contributed by atoms with van der Waals surface area (Å²) in [6.07, 6.45) is 1.66. The van der Waals surface area contributed by atoms with Crippen molar-refractivity contribution in [3.05, 3.63) is 40.1 Å². The normalized spacial score (nSPS) is 10.4. The monoisotopic (exact) mass is 262 g/mol. The SMILES string of the molecule is Cn1ncc(CNc2ccc([N+](=O)[O-])c(N)c2)c1N. The number of nitrogens with one attached hydrogen (secondary N) is 1. The van der Waals surface area contributed by atoms with E-state index in [9.17, 15) is 10.1 Å². The van der Waals surface area contributed by atoms with Crippen LogP contribution in [0.5, 0.6) is 0 Å². The van der Waals surface area contributed by atoms with E-state index in [1.54, 1.807) is 24.0 Å². The predicted octanol–water partition coefficient (Wildman–Crippen LogP) is 1.10. The summed E-state index contributed by atoms with van der Waals surface area (Å²) in [4.78, 5) is 10.1. The van der Waals surface area contributed by atoms with Crippen molar-refractivity contribution in [1.82, 2.24) is 9.78 Å². The first-order chi connectivity index (χ1) is 8.99. The molecule has 0 saturated carbocycles. The molecule has 1 heterocycles. The van der Waals surface area contributed by atoms with Crippen LogP contribution < -0.4 is 16.8 Å². The fourth-order valence-electron chi connectivity index (χ4n) is 1.66. The van der Waals surface area contributed by atoms with E-state index in [0.717, 1.165) is 5.56 Å². The van der Waals surface area contributed by atoms with E-state index in [2.05, 4.69) is 10.4 Å². The highest BCUT2D eigenvalue weighted by atomic mass is 16.6. The number of benzene rings is 1. The molecule has 19 heavy (non-hydrogen) atoms. The van der Waals surface area contributed by atoms with Crippen LogP contribution in [0.2, 0.25) is 0 Å². The molecule has 0 aliphatic carbocycles. The zero-order valence-corrected chi connectivity index (χ0v) is 10.3. The molecule has 0 saturated heterocycles. The van der Waals surface area contributed by atoms with Crippen LogP contribution in [0.3, 0.4) is 0 Å². The Kier molecular flexibility index (Phi) is 3.23. The van der Waals surface area contributed by atoms with E-state index in [1.165, 1.54) is 12.1 Å². The number of anilines is 3. The maximum absolute atomic E-state index is 10.6. The summed E-state index contributed by atoms with van der Waals surface area (Å²) in [5.74, 6) is 0.572. The third-order valence-electron chi connectivity index (χ3n) is 2.77. The summed E-state index contributed by atoms with van der Waals surface area (Å²) in [5.41, 5.74) is 13.0. The third-order valence-corrected chi connectivity index (χ3v) is 2.77. The predicted molar refractivity (Wildman–Crippen MR) is 72.5 cm³/mol. The Balaban J connectivity index is 2.10. The molecular formula is C11H14N6O2. The van der Waals surface area contributed by atoms with Crippen LogP contribution in [0.1, 0.15) is 5.56 Å². The van der Waals surface area contributed by atoms with Crippen molar-refractivity contribution in [3.8, 4) is 0 Å². The van der Waals surface area contributed by atoms with Gasteiger partial charge in [0.05, 0.1) is 11.1 Å². The summed E-state index contributed by atoms with van der Waals surface area (Å²) in [7, 11) is 1.75. The van der Waals surface area contributed by atoms with Gasteiger partial charge in [0.1, 0.15) is 11.5 Å². The number of aromatic nitrogens is 2. The van der Waals surface area contributed by atoms with Crippen molar-refractivity contribution in [2.45, 2.75) is 6.54 Å². The minimum atomic E-state index is -0.516. The molecule has 0 radical (unpaired) electrons. The fourth-order valence-corrected chi connectivity index (χ4v) is 1.66. The molecule has 8 heteroatoms. The van der Waals surface area contributed by atoms with Gasteiger partial charge in [0, 0.05) is 30.9 Å². The Bertz CT molecular complexity index is 622. The molecule has 2 aromatic rings. The summed E-state index contributed by atoms with van der Waals surface area (Å²) < 4.78 is 1.57. The van der Waals surface area contributed by atoms with Gasteiger partial charge in [-0.1, -0.05) is 0 Å². The number of nitrogens with two attached hydrogens (primary N) is 2. The van der Waals surface area contributed by atoms with Crippen LogP contribution in [0.15, 0.2) is 24.4 Å². The molecule has 0 aliphatic heterocycles. The van der Waals surface area contributed by atoms with Crippen molar-refractivity contribution in [1.29, 1.82) is 0 Å². The van der Waals surface area contributed by atoms with Gasteiger partial charge in [0.15, 0.2) is 0 Å². The number of nitrogen functional groups attached to an aromatic ring is 2. The lowest BCUT2D eigenvalue weighted by Crippen LogP contribution is -2.04. The Morgan fingerprint density at radius 2 is 2.21 bits per heavy atom. The summed E-state index contributed by atoms with van der Waals surface area (Å²) >= 11 is 0. The molecule has 0 fully saturated rings. The molecule has 0 aliphatic rings. The molecule has 1 aromatic heterocycles. The van der Waals surface area contributed by atoms with E-state index in [-0.39, 0.29) is 11.4 Å². The third kappa shape index (κ3) is 2.57. The Labute approximate surface area is 109 Å². The van der Waals surface area contributed by atoms with Gasteiger partial charge in [-0.2, -0.15) is 5.10 Å². The topological polar surface area (TPSA) is 125 Å². The molecule has 2 rings (SSSR count). The van der Waals surface area contributed by atoms with Crippen molar-refractivity contribution >= 4 is 22.9 Å². The van der Waals surface area contributed by atoms with Crippen LogP contribution in [0.25, 0.3) is 0 Å². The summed E-state index contributed by atoms with van der Waals surface area (Å²) in [6, 6.07) is 4.48. The average molecular weight is 262 g/mol. The van der Waals surface area contributed by atoms with Crippen LogP contribution >= 0.6 is 0 Å². The molecule has 0 unspecified atom stereocenters. The molecule has 5 N–H and O–H groups in total. The highest BCUT2D eigenvalue weighted by Crippen LogP contribution is 2.25. The first-order valence-electron chi connectivity index (χ1n) is 5.53.